The Labute approximate surface area is 223 Å². The van der Waals surface area contributed by atoms with Gasteiger partial charge in [-0.05, 0) is 68.0 Å². The van der Waals surface area contributed by atoms with Crippen molar-refractivity contribution in [3.8, 4) is 23.0 Å². The van der Waals surface area contributed by atoms with E-state index in [1.54, 1.807) is 32.4 Å². The number of dihydropyridines is 1. The molecule has 8 nitrogen and oxygen atoms in total. The lowest BCUT2D eigenvalue weighted by Gasteiger charge is -2.37. The van der Waals surface area contributed by atoms with Crippen molar-refractivity contribution in [2.75, 3.05) is 21.3 Å². The lowest BCUT2D eigenvalue weighted by Crippen LogP contribution is -2.36. The average molecular weight is 522 g/mol. The topological polar surface area (TPSA) is 103 Å². The van der Waals surface area contributed by atoms with Crippen LogP contribution in [-0.2, 0) is 14.3 Å². The first-order chi connectivity index (χ1) is 18.2. The number of ether oxygens (including phenoxy) is 4. The summed E-state index contributed by atoms with van der Waals surface area (Å²) >= 11 is 0. The standard InChI is InChI=1S/C30H35NO7/c1-7-16(2)38-30(34)27-17(3)31-21-12-20(18-8-11-25(36-5)26(15-18)37-6)14-23(33)29(21)28(27)19-9-10-24(35-4)22(32)13-19/h8-11,13,15-16,20,28,31-32H,7,12,14H2,1-6H3/t16-,20+,28+/m0/s1. The molecular formula is C30H35NO7. The van der Waals surface area contributed by atoms with E-state index in [1.165, 1.54) is 7.11 Å². The molecule has 3 atom stereocenters. The van der Waals surface area contributed by atoms with Crippen LogP contribution in [0.2, 0.25) is 0 Å². The molecule has 2 aromatic rings. The highest BCUT2D eigenvalue weighted by Gasteiger charge is 2.42. The van der Waals surface area contributed by atoms with E-state index in [-0.39, 0.29) is 30.0 Å². The zero-order valence-corrected chi connectivity index (χ0v) is 22.7. The number of carbonyl (C=O) groups excluding carboxylic acids is 2. The van der Waals surface area contributed by atoms with Crippen molar-refractivity contribution in [2.45, 2.75) is 58.0 Å². The number of hydrogen-bond acceptors (Lipinski definition) is 8. The predicted octanol–water partition coefficient (Wildman–Crippen LogP) is 5.12. The molecule has 0 saturated heterocycles. The average Bonchev–Trinajstić information content (AvgIpc) is 2.91. The number of allylic oxidation sites excluding steroid dienone is 3. The fourth-order valence-corrected chi connectivity index (χ4v) is 5.20. The van der Waals surface area contributed by atoms with E-state index < -0.39 is 11.9 Å². The molecule has 0 aromatic heterocycles. The third-order valence-corrected chi connectivity index (χ3v) is 7.35. The smallest absolute Gasteiger partial charge is 0.337 e. The monoisotopic (exact) mass is 521 g/mol. The van der Waals surface area contributed by atoms with Gasteiger partial charge in [0.25, 0.3) is 0 Å². The molecule has 0 bridgehead atoms. The van der Waals surface area contributed by atoms with Gasteiger partial charge in [-0.2, -0.15) is 0 Å². The fraction of sp³-hybridized carbons (Fsp3) is 0.400. The van der Waals surface area contributed by atoms with E-state index in [2.05, 4.69) is 5.32 Å². The van der Waals surface area contributed by atoms with E-state index in [0.29, 0.717) is 52.5 Å². The van der Waals surface area contributed by atoms with E-state index in [1.807, 2.05) is 39.0 Å². The molecule has 2 N–H and O–H groups in total. The van der Waals surface area contributed by atoms with Gasteiger partial charge < -0.3 is 29.4 Å². The van der Waals surface area contributed by atoms with Gasteiger partial charge in [0.05, 0.1) is 33.0 Å². The Hall–Kier alpha value is -3.94. The van der Waals surface area contributed by atoms with Gasteiger partial charge in [0.15, 0.2) is 28.8 Å². The van der Waals surface area contributed by atoms with Crippen LogP contribution in [0.25, 0.3) is 0 Å². The van der Waals surface area contributed by atoms with E-state index in [9.17, 15) is 14.7 Å². The van der Waals surface area contributed by atoms with Crippen molar-refractivity contribution >= 4 is 11.8 Å². The maximum absolute atomic E-state index is 13.8. The summed E-state index contributed by atoms with van der Waals surface area (Å²) < 4.78 is 21.8. The largest absolute Gasteiger partial charge is 0.504 e. The number of phenols is 1. The highest BCUT2D eigenvalue weighted by Crippen LogP contribution is 2.47. The van der Waals surface area contributed by atoms with Crippen LogP contribution in [0, 0.1) is 0 Å². The van der Waals surface area contributed by atoms with E-state index in [0.717, 1.165) is 11.3 Å². The Morgan fingerprint density at radius 3 is 2.29 bits per heavy atom. The maximum atomic E-state index is 13.8. The van der Waals surface area contributed by atoms with Crippen molar-refractivity contribution in [1.82, 2.24) is 5.32 Å². The SMILES string of the molecule is CC[C@H](C)OC(=O)C1=C(C)NC2=C(C(=O)C[C@H](c3ccc(OC)c(OC)c3)C2)[C@@H]1c1ccc(OC)c(O)c1. The van der Waals surface area contributed by atoms with Crippen molar-refractivity contribution in [2.24, 2.45) is 0 Å². The number of nitrogens with one attached hydrogen (secondary N) is 1. The van der Waals surface area contributed by atoms with Crippen LogP contribution in [0.3, 0.4) is 0 Å². The van der Waals surface area contributed by atoms with Crippen molar-refractivity contribution in [3.63, 3.8) is 0 Å². The Bertz CT molecular complexity index is 1310. The number of Topliss-reactive ketones (excluding diaryl/α,β-unsaturated/α-hetero) is 1. The molecule has 0 spiro atoms. The second-order valence-corrected chi connectivity index (χ2v) is 9.69. The van der Waals surface area contributed by atoms with Crippen LogP contribution in [0.1, 0.15) is 63.0 Å². The van der Waals surface area contributed by atoms with E-state index >= 15 is 0 Å². The minimum Gasteiger partial charge on any atom is -0.504 e. The zero-order valence-electron chi connectivity index (χ0n) is 22.7. The lowest BCUT2D eigenvalue weighted by molar-refractivity contribution is -0.144. The van der Waals surface area contributed by atoms with Crippen LogP contribution in [0.15, 0.2) is 58.9 Å². The maximum Gasteiger partial charge on any atom is 0.337 e. The van der Waals surface area contributed by atoms with Gasteiger partial charge in [0, 0.05) is 29.3 Å². The molecule has 1 heterocycles. The quantitative estimate of drug-likeness (QED) is 0.462. The van der Waals surface area contributed by atoms with Gasteiger partial charge in [-0.15, -0.1) is 0 Å². The number of carbonyl (C=O) groups is 2. The molecule has 0 amide bonds. The minimum absolute atomic E-state index is 0.0653. The molecule has 8 heteroatoms. The Kier molecular flexibility index (Phi) is 7.99. The molecule has 2 aliphatic rings. The molecule has 202 valence electrons. The van der Waals surface area contributed by atoms with Gasteiger partial charge in [-0.1, -0.05) is 19.1 Å². The normalized spacial score (nSPS) is 19.9. The molecule has 0 saturated carbocycles. The highest BCUT2D eigenvalue weighted by molar-refractivity contribution is 6.04. The third kappa shape index (κ3) is 5.08. The van der Waals surface area contributed by atoms with Crippen molar-refractivity contribution in [3.05, 3.63) is 70.1 Å². The number of benzene rings is 2. The van der Waals surface area contributed by atoms with Crippen LogP contribution < -0.4 is 19.5 Å². The van der Waals surface area contributed by atoms with E-state index in [4.69, 9.17) is 18.9 Å². The first kappa shape index (κ1) is 27.1. The number of rotatable bonds is 8. The Morgan fingerprint density at radius 2 is 1.66 bits per heavy atom. The summed E-state index contributed by atoms with van der Waals surface area (Å²) in [5, 5.41) is 13.9. The zero-order chi connectivity index (χ0) is 27.6. The first-order valence-corrected chi connectivity index (χ1v) is 12.8. The summed E-state index contributed by atoms with van der Waals surface area (Å²) in [5.74, 6) is 0.155. The Morgan fingerprint density at radius 1 is 1.00 bits per heavy atom. The number of esters is 1. The number of methoxy groups -OCH3 is 3. The predicted molar refractivity (Wildman–Crippen MR) is 143 cm³/mol. The molecule has 0 radical (unpaired) electrons. The van der Waals surface area contributed by atoms with Crippen molar-refractivity contribution in [1.29, 1.82) is 0 Å². The van der Waals surface area contributed by atoms with Crippen LogP contribution in [-0.4, -0.2) is 44.3 Å². The molecule has 0 unspecified atom stereocenters. The highest BCUT2D eigenvalue weighted by atomic mass is 16.5. The summed E-state index contributed by atoms with van der Waals surface area (Å²) in [4.78, 5) is 27.2. The summed E-state index contributed by atoms with van der Waals surface area (Å²) in [6.45, 7) is 5.59. The summed E-state index contributed by atoms with van der Waals surface area (Å²) in [6.07, 6.45) is 1.22. The van der Waals surface area contributed by atoms with Gasteiger partial charge >= 0.3 is 5.97 Å². The van der Waals surface area contributed by atoms with Gasteiger partial charge in [-0.25, -0.2) is 4.79 Å². The first-order valence-electron chi connectivity index (χ1n) is 12.8. The molecule has 2 aromatic carbocycles. The lowest BCUT2D eigenvalue weighted by atomic mass is 9.71. The van der Waals surface area contributed by atoms with Crippen LogP contribution in [0.5, 0.6) is 23.0 Å². The number of aromatic hydroxyl groups is 1. The van der Waals surface area contributed by atoms with Gasteiger partial charge in [0.1, 0.15) is 0 Å². The number of phenolic OH excluding ortho intramolecular Hbond substituents is 1. The molecule has 0 fully saturated rings. The van der Waals surface area contributed by atoms with Crippen LogP contribution in [0.4, 0.5) is 0 Å². The fourth-order valence-electron chi connectivity index (χ4n) is 5.20. The second-order valence-electron chi connectivity index (χ2n) is 9.69. The second kappa shape index (κ2) is 11.2. The molecule has 1 aliphatic carbocycles. The van der Waals surface area contributed by atoms with Gasteiger partial charge in [0.2, 0.25) is 0 Å². The summed E-state index contributed by atoms with van der Waals surface area (Å²) in [7, 11) is 4.64. The molecule has 1 aliphatic heterocycles. The summed E-state index contributed by atoms with van der Waals surface area (Å²) in [5.41, 5.74) is 3.86. The van der Waals surface area contributed by atoms with Crippen molar-refractivity contribution < 1.29 is 33.6 Å². The van der Waals surface area contributed by atoms with Crippen LogP contribution >= 0.6 is 0 Å². The van der Waals surface area contributed by atoms with Gasteiger partial charge in [-0.3, -0.25) is 4.79 Å². The molecular weight excluding hydrogens is 486 g/mol. The molecule has 38 heavy (non-hydrogen) atoms. The number of hydrogen-bond donors (Lipinski definition) is 2. The minimum atomic E-state index is -0.682. The summed E-state index contributed by atoms with van der Waals surface area (Å²) in [6, 6.07) is 10.7. The third-order valence-electron chi connectivity index (χ3n) is 7.35. The number of ketones is 1. The Balaban J connectivity index is 1.79. The molecule has 4 rings (SSSR count).